The molecule has 17 heavy (non-hydrogen) atoms. The number of thiazole rings is 1. The van der Waals surface area contributed by atoms with Gasteiger partial charge in [-0.2, -0.15) is 0 Å². The van der Waals surface area contributed by atoms with Crippen LogP contribution in [-0.4, -0.2) is 20.6 Å². The number of nitrogens with zero attached hydrogens (tertiary/aromatic N) is 2. The normalized spacial score (nSPS) is 10.7. The van der Waals surface area contributed by atoms with Gasteiger partial charge in [0.1, 0.15) is 10.7 Å². The van der Waals surface area contributed by atoms with Crippen LogP contribution in [0.25, 0.3) is 0 Å². The van der Waals surface area contributed by atoms with Crippen LogP contribution in [0.1, 0.15) is 27.3 Å². The van der Waals surface area contributed by atoms with E-state index in [1.165, 1.54) is 4.88 Å². The summed E-state index contributed by atoms with van der Waals surface area (Å²) in [7, 11) is 0. The van der Waals surface area contributed by atoms with E-state index in [-0.39, 0.29) is 5.69 Å². The minimum Gasteiger partial charge on any atom is -0.477 e. The molecule has 0 amide bonds. The van der Waals surface area contributed by atoms with Crippen LogP contribution in [0.15, 0.2) is 22.9 Å². The van der Waals surface area contributed by atoms with Gasteiger partial charge in [-0.25, -0.2) is 9.78 Å². The largest absolute Gasteiger partial charge is 0.477 e. The Balaban J connectivity index is 2.26. The number of aromatic carboxylic acids is 1. The summed E-state index contributed by atoms with van der Waals surface area (Å²) in [5, 5.41) is 9.97. The van der Waals surface area contributed by atoms with Crippen molar-refractivity contribution in [3.05, 3.63) is 38.5 Å². The second-order valence-electron chi connectivity index (χ2n) is 3.55. The van der Waals surface area contributed by atoms with Gasteiger partial charge >= 0.3 is 5.97 Å². The molecule has 2 heterocycles. The molecule has 0 bridgehead atoms. The molecule has 2 aromatic rings. The van der Waals surface area contributed by atoms with Crippen LogP contribution < -0.4 is 0 Å². The molecule has 0 unspecified atom stereocenters. The minimum atomic E-state index is -0.928. The number of aromatic nitrogens is 2. The molecule has 0 saturated carbocycles. The second kappa shape index (κ2) is 5.01. The Morgan fingerprint density at radius 1 is 1.65 bits per heavy atom. The molecule has 0 aliphatic carbocycles. The van der Waals surface area contributed by atoms with Crippen LogP contribution in [0.5, 0.6) is 0 Å². The van der Waals surface area contributed by atoms with E-state index in [1.54, 1.807) is 28.2 Å². The Morgan fingerprint density at radius 3 is 3.00 bits per heavy atom. The van der Waals surface area contributed by atoms with Crippen molar-refractivity contribution in [2.24, 2.45) is 0 Å². The Bertz CT molecular complexity index is 547. The zero-order chi connectivity index (χ0) is 12.4. The van der Waals surface area contributed by atoms with E-state index in [4.69, 9.17) is 5.11 Å². The lowest BCUT2D eigenvalue weighted by Gasteiger charge is -2.02. The highest BCUT2D eigenvalue weighted by Crippen LogP contribution is 2.19. The summed E-state index contributed by atoms with van der Waals surface area (Å²) in [6.07, 6.45) is 4.56. The van der Waals surface area contributed by atoms with Gasteiger partial charge in [-0.05, 0) is 28.4 Å². The molecule has 1 N–H and O–H groups in total. The van der Waals surface area contributed by atoms with E-state index in [0.717, 1.165) is 15.9 Å². The van der Waals surface area contributed by atoms with Crippen LogP contribution in [0.4, 0.5) is 0 Å². The molecule has 0 aliphatic heterocycles. The first-order valence-corrected chi connectivity index (χ1v) is 6.73. The molecule has 0 atom stereocenters. The molecular formula is C11H11BrN2O2S. The first-order chi connectivity index (χ1) is 8.10. The second-order valence-corrected chi connectivity index (χ2v) is 5.67. The van der Waals surface area contributed by atoms with Gasteiger partial charge in [0.25, 0.3) is 0 Å². The predicted molar refractivity (Wildman–Crippen MR) is 69.7 cm³/mol. The van der Waals surface area contributed by atoms with Crippen molar-refractivity contribution >= 4 is 33.2 Å². The monoisotopic (exact) mass is 314 g/mol. The van der Waals surface area contributed by atoms with E-state index in [0.29, 0.717) is 6.54 Å². The average Bonchev–Trinajstić information content (AvgIpc) is 2.85. The van der Waals surface area contributed by atoms with Crippen molar-refractivity contribution in [1.29, 1.82) is 0 Å². The molecule has 0 aliphatic rings. The third-order valence-corrected chi connectivity index (χ3v) is 3.90. The maximum atomic E-state index is 11.0. The fourth-order valence-corrected chi connectivity index (χ4v) is 2.84. The molecule has 90 valence electrons. The highest BCUT2D eigenvalue weighted by atomic mass is 79.9. The number of aryl methyl sites for hydroxylation is 1. The molecule has 2 rings (SSSR count). The Kier molecular flexibility index (Phi) is 3.63. The fourth-order valence-electron chi connectivity index (χ4n) is 1.51. The summed E-state index contributed by atoms with van der Waals surface area (Å²) in [6, 6.07) is 1.59. The van der Waals surface area contributed by atoms with E-state index in [9.17, 15) is 4.79 Å². The third-order valence-electron chi connectivity index (χ3n) is 2.34. The number of carboxylic acid groups (broad SMARTS) is 1. The molecule has 0 spiro atoms. The van der Waals surface area contributed by atoms with Crippen molar-refractivity contribution in [3.8, 4) is 0 Å². The van der Waals surface area contributed by atoms with Crippen molar-refractivity contribution in [1.82, 2.24) is 9.55 Å². The molecule has 0 saturated heterocycles. The van der Waals surface area contributed by atoms with Gasteiger partial charge < -0.3 is 9.67 Å². The summed E-state index contributed by atoms with van der Waals surface area (Å²) in [5.41, 5.74) is 0.269. The first kappa shape index (κ1) is 12.3. The third kappa shape index (κ3) is 2.76. The van der Waals surface area contributed by atoms with Crippen LogP contribution in [0.3, 0.4) is 0 Å². The van der Waals surface area contributed by atoms with Crippen molar-refractivity contribution in [2.45, 2.75) is 19.9 Å². The maximum absolute atomic E-state index is 11.0. The highest BCUT2D eigenvalue weighted by molar-refractivity contribution is 9.10. The molecule has 2 aromatic heterocycles. The van der Waals surface area contributed by atoms with Crippen molar-refractivity contribution < 1.29 is 9.90 Å². The van der Waals surface area contributed by atoms with Crippen LogP contribution in [-0.2, 0) is 13.0 Å². The molecular weight excluding hydrogens is 304 g/mol. The maximum Gasteiger partial charge on any atom is 0.352 e. The van der Waals surface area contributed by atoms with E-state index < -0.39 is 5.97 Å². The van der Waals surface area contributed by atoms with Gasteiger partial charge in [-0.15, -0.1) is 11.3 Å². The molecule has 4 nitrogen and oxygen atoms in total. The SMILES string of the molecule is CCc1cnc(Cn2cc(Br)cc2C(=O)O)s1. The summed E-state index contributed by atoms with van der Waals surface area (Å²) < 4.78 is 2.45. The Hall–Kier alpha value is -1.14. The summed E-state index contributed by atoms with van der Waals surface area (Å²) >= 11 is 4.90. The molecule has 0 radical (unpaired) electrons. The number of carboxylic acids is 1. The minimum absolute atomic E-state index is 0.269. The zero-order valence-corrected chi connectivity index (χ0v) is 11.6. The standard InChI is InChI=1S/C11H11BrN2O2S/c1-2-8-4-13-10(17-8)6-14-5-7(12)3-9(14)11(15)16/h3-5H,2,6H2,1H3,(H,15,16). The van der Waals surface area contributed by atoms with E-state index in [1.807, 2.05) is 6.20 Å². The van der Waals surface area contributed by atoms with Crippen LogP contribution in [0, 0.1) is 0 Å². The van der Waals surface area contributed by atoms with Crippen molar-refractivity contribution in [2.75, 3.05) is 0 Å². The average molecular weight is 315 g/mol. The fraction of sp³-hybridized carbons (Fsp3) is 0.273. The predicted octanol–water partition coefficient (Wildman–Crippen LogP) is 3.02. The quantitative estimate of drug-likeness (QED) is 0.943. The van der Waals surface area contributed by atoms with Crippen LogP contribution in [0.2, 0.25) is 0 Å². The lowest BCUT2D eigenvalue weighted by atomic mass is 10.4. The lowest BCUT2D eigenvalue weighted by molar-refractivity contribution is 0.0685. The molecule has 6 heteroatoms. The number of hydrogen-bond acceptors (Lipinski definition) is 3. The van der Waals surface area contributed by atoms with Crippen molar-refractivity contribution in [3.63, 3.8) is 0 Å². The Morgan fingerprint density at radius 2 is 2.41 bits per heavy atom. The summed E-state index contributed by atoms with van der Waals surface area (Å²) in [6.45, 7) is 2.57. The van der Waals surface area contributed by atoms with E-state index in [2.05, 4.69) is 27.8 Å². The first-order valence-electron chi connectivity index (χ1n) is 5.12. The number of hydrogen-bond donors (Lipinski definition) is 1. The Labute approximate surface area is 111 Å². The smallest absolute Gasteiger partial charge is 0.352 e. The number of rotatable bonds is 4. The topological polar surface area (TPSA) is 55.1 Å². The number of halogens is 1. The van der Waals surface area contributed by atoms with Crippen LogP contribution >= 0.6 is 27.3 Å². The van der Waals surface area contributed by atoms with Gasteiger partial charge in [-0.3, -0.25) is 0 Å². The van der Waals surface area contributed by atoms with Gasteiger partial charge in [0.15, 0.2) is 0 Å². The molecule has 0 fully saturated rings. The van der Waals surface area contributed by atoms with Gasteiger partial charge in [-0.1, -0.05) is 6.92 Å². The van der Waals surface area contributed by atoms with E-state index >= 15 is 0 Å². The summed E-state index contributed by atoms with van der Waals surface area (Å²) in [4.78, 5) is 16.5. The van der Waals surface area contributed by atoms with Gasteiger partial charge in [0.05, 0.1) is 6.54 Å². The number of carbonyl (C=O) groups is 1. The highest BCUT2D eigenvalue weighted by Gasteiger charge is 2.12. The summed E-state index contributed by atoms with van der Waals surface area (Å²) in [5.74, 6) is -0.928. The lowest BCUT2D eigenvalue weighted by Crippen LogP contribution is -2.08. The van der Waals surface area contributed by atoms with Gasteiger partial charge in [0.2, 0.25) is 0 Å². The zero-order valence-electron chi connectivity index (χ0n) is 9.18. The van der Waals surface area contributed by atoms with Gasteiger partial charge in [0, 0.05) is 21.7 Å². The molecule has 0 aromatic carbocycles.